The van der Waals surface area contributed by atoms with Gasteiger partial charge in [-0.2, -0.15) is 0 Å². The number of rotatable bonds is 4. The van der Waals surface area contributed by atoms with E-state index in [4.69, 9.17) is 20.9 Å². The summed E-state index contributed by atoms with van der Waals surface area (Å²) in [4.78, 5) is 24.2. The number of carbonyl (C=O) groups excluding carboxylic acids is 2. The number of esters is 2. The lowest BCUT2D eigenvalue weighted by Crippen LogP contribution is -2.12. The Kier molecular flexibility index (Phi) is 5.21. The summed E-state index contributed by atoms with van der Waals surface area (Å²) in [6.45, 7) is 0. The van der Waals surface area contributed by atoms with Crippen molar-refractivity contribution >= 4 is 23.3 Å². The number of nitrogen functional groups attached to an aromatic ring is 2. The van der Waals surface area contributed by atoms with Crippen LogP contribution in [-0.2, 0) is 0 Å². The number of nitrogens with two attached hydrogens (primary N) is 2. The molecule has 0 aliphatic heterocycles. The van der Waals surface area contributed by atoms with Crippen LogP contribution in [0.15, 0.2) is 60.7 Å². The van der Waals surface area contributed by atoms with Crippen LogP contribution in [0.5, 0.6) is 11.5 Å². The fraction of sp³-hybridized carbons (Fsp3) is 0. The second-order valence-electron chi connectivity index (χ2n) is 5.74. The van der Waals surface area contributed by atoms with Crippen LogP contribution in [0.3, 0.4) is 0 Å². The molecule has 3 rings (SSSR count). The maximum atomic E-state index is 13.7. The van der Waals surface area contributed by atoms with Gasteiger partial charge in [-0.05, 0) is 48.5 Å². The summed E-state index contributed by atoms with van der Waals surface area (Å²) in [5, 5.41) is 0. The minimum Gasteiger partial charge on any atom is -0.420 e. The zero-order chi connectivity index (χ0) is 20.3. The summed E-state index contributed by atoms with van der Waals surface area (Å²) in [5.41, 5.74) is 11.4. The van der Waals surface area contributed by atoms with E-state index in [0.29, 0.717) is 0 Å². The second-order valence-corrected chi connectivity index (χ2v) is 5.74. The lowest BCUT2D eigenvalue weighted by atomic mass is 10.1. The van der Waals surface area contributed by atoms with Crippen LogP contribution in [0.4, 0.5) is 20.2 Å². The van der Waals surface area contributed by atoms with E-state index in [1.165, 1.54) is 48.5 Å². The molecule has 0 radical (unpaired) electrons. The van der Waals surface area contributed by atoms with E-state index in [-0.39, 0.29) is 34.0 Å². The Balaban J connectivity index is 1.70. The summed E-state index contributed by atoms with van der Waals surface area (Å²) >= 11 is 0. The molecule has 0 aliphatic rings. The SMILES string of the molecule is Nc1ccc(OC(=O)c2ccc(C(=O)Oc3ccc(N)cc3F)cc2)c(F)c1. The molecule has 3 aromatic carbocycles. The first-order valence-corrected chi connectivity index (χ1v) is 7.98. The van der Waals surface area contributed by atoms with E-state index in [1.54, 1.807) is 0 Å². The summed E-state index contributed by atoms with van der Waals surface area (Å²) in [7, 11) is 0. The topological polar surface area (TPSA) is 105 Å². The Morgan fingerprint density at radius 1 is 0.643 bits per heavy atom. The van der Waals surface area contributed by atoms with Crippen molar-refractivity contribution in [3.63, 3.8) is 0 Å². The van der Waals surface area contributed by atoms with Gasteiger partial charge >= 0.3 is 11.9 Å². The first kappa shape index (κ1) is 18.8. The largest absolute Gasteiger partial charge is 0.420 e. The molecule has 4 N–H and O–H groups in total. The standard InChI is InChI=1S/C20H14F2N2O4/c21-15-9-13(23)5-7-17(15)27-19(25)11-1-2-12(4-3-11)20(26)28-18-8-6-14(24)10-16(18)22/h1-10H,23-24H2. The van der Waals surface area contributed by atoms with Crippen molar-refractivity contribution in [1.82, 2.24) is 0 Å². The molecule has 0 amide bonds. The van der Waals surface area contributed by atoms with Crippen LogP contribution in [0.25, 0.3) is 0 Å². The maximum absolute atomic E-state index is 13.7. The van der Waals surface area contributed by atoms with Gasteiger partial charge in [-0.1, -0.05) is 0 Å². The second kappa shape index (κ2) is 7.75. The predicted molar refractivity (Wildman–Crippen MR) is 98.0 cm³/mol. The Morgan fingerprint density at radius 3 is 1.32 bits per heavy atom. The molecule has 8 heteroatoms. The van der Waals surface area contributed by atoms with Crippen molar-refractivity contribution in [3.05, 3.63) is 83.4 Å². The van der Waals surface area contributed by atoms with Gasteiger partial charge in [0.05, 0.1) is 11.1 Å². The fourth-order valence-corrected chi connectivity index (χ4v) is 2.26. The highest BCUT2D eigenvalue weighted by molar-refractivity contribution is 5.95. The molecular weight excluding hydrogens is 370 g/mol. The van der Waals surface area contributed by atoms with Crippen molar-refractivity contribution < 1.29 is 27.8 Å². The first-order chi connectivity index (χ1) is 13.3. The molecule has 0 atom stereocenters. The quantitative estimate of drug-likeness (QED) is 0.405. The molecule has 0 aromatic heterocycles. The van der Waals surface area contributed by atoms with Gasteiger partial charge < -0.3 is 20.9 Å². The number of halogens is 2. The zero-order valence-electron chi connectivity index (χ0n) is 14.3. The van der Waals surface area contributed by atoms with Gasteiger partial charge in [0.25, 0.3) is 0 Å². The average Bonchev–Trinajstić information content (AvgIpc) is 2.66. The number of ether oxygens (including phenoxy) is 2. The van der Waals surface area contributed by atoms with Gasteiger partial charge in [0, 0.05) is 23.5 Å². The average molecular weight is 384 g/mol. The highest BCUT2D eigenvalue weighted by Gasteiger charge is 2.15. The molecular formula is C20H14F2N2O4. The van der Waals surface area contributed by atoms with Crippen molar-refractivity contribution in [3.8, 4) is 11.5 Å². The van der Waals surface area contributed by atoms with E-state index in [2.05, 4.69) is 0 Å². The number of benzene rings is 3. The predicted octanol–water partition coefficient (Wildman–Crippen LogP) is 3.57. The van der Waals surface area contributed by atoms with E-state index in [0.717, 1.165) is 12.1 Å². The Labute approximate surface area is 158 Å². The minimum absolute atomic E-state index is 0.0754. The molecule has 0 fully saturated rings. The molecule has 0 aliphatic carbocycles. The first-order valence-electron chi connectivity index (χ1n) is 7.98. The van der Waals surface area contributed by atoms with Gasteiger partial charge in [0.1, 0.15) is 0 Å². The number of carbonyl (C=O) groups is 2. The van der Waals surface area contributed by atoms with Gasteiger partial charge in [-0.3, -0.25) is 0 Å². The lowest BCUT2D eigenvalue weighted by Gasteiger charge is -2.08. The van der Waals surface area contributed by atoms with E-state index in [9.17, 15) is 18.4 Å². The van der Waals surface area contributed by atoms with Crippen molar-refractivity contribution in [2.75, 3.05) is 11.5 Å². The van der Waals surface area contributed by atoms with E-state index in [1.807, 2.05) is 0 Å². The van der Waals surface area contributed by atoms with E-state index < -0.39 is 23.6 Å². The zero-order valence-corrected chi connectivity index (χ0v) is 14.3. The number of hydrogen-bond donors (Lipinski definition) is 2. The third kappa shape index (κ3) is 4.24. The molecule has 6 nitrogen and oxygen atoms in total. The number of hydrogen-bond acceptors (Lipinski definition) is 6. The Morgan fingerprint density at radius 2 is 1.00 bits per heavy atom. The summed E-state index contributed by atoms with van der Waals surface area (Å²) in [5.74, 6) is -3.76. The van der Waals surface area contributed by atoms with Crippen LogP contribution in [0.1, 0.15) is 20.7 Å². The third-order valence-corrected chi connectivity index (χ3v) is 3.67. The van der Waals surface area contributed by atoms with Crippen LogP contribution < -0.4 is 20.9 Å². The normalized spacial score (nSPS) is 10.4. The molecule has 0 unspecified atom stereocenters. The molecule has 0 bridgehead atoms. The highest BCUT2D eigenvalue weighted by atomic mass is 19.1. The van der Waals surface area contributed by atoms with Crippen LogP contribution in [0.2, 0.25) is 0 Å². The highest BCUT2D eigenvalue weighted by Crippen LogP contribution is 2.22. The van der Waals surface area contributed by atoms with Gasteiger partial charge in [-0.15, -0.1) is 0 Å². The Hall–Kier alpha value is -3.94. The summed E-state index contributed by atoms with van der Waals surface area (Å²) < 4.78 is 37.3. The van der Waals surface area contributed by atoms with Crippen LogP contribution >= 0.6 is 0 Å². The lowest BCUT2D eigenvalue weighted by molar-refractivity contribution is 0.0714. The molecule has 3 aromatic rings. The minimum atomic E-state index is -0.826. The molecule has 0 spiro atoms. The number of anilines is 2. The Bertz CT molecular complexity index is 968. The summed E-state index contributed by atoms with van der Waals surface area (Å²) in [6.07, 6.45) is 0. The van der Waals surface area contributed by atoms with Crippen LogP contribution in [0, 0.1) is 11.6 Å². The fourth-order valence-electron chi connectivity index (χ4n) is 2.26. The van der Waals surface area contributed by atoms with Gasteiger partial charge in [0.2, 0.25) is 0 Å². The van der Waals surface area contributed by atoms with Crippen molar-refractivity contribution in [2.45, 2.75) is 0 Å². The monoisotopic (exact) mass is 384 g/mol. The molecule has 28 heavy (non-hydrogen) atoms. The van der Waals surface area contributed by atoms with Gasteiger partial charge in [0.15, 0.2) is 23.1 Å². The molecule has 142 valence electrons. The van der Waals surface area contributed by atoms with Crippen molar-refractivity contribution in [1.29, 1.82) is 0 Å². The van der Waals surface area contributed by atoms with Crippen molar-refractivity contribution in [2.24, 2.45) is 0 Å². The third-order valence-electron chi connectivity index (χ3n) is 3.67. The molecule has 0 heterocycles. The van der Waals surface area contributed by atoms with E-state index >= 15 is 0 Å². The molecule has 0 saturated carbocycles. The van der Waals surface area contributed by atoms with Gasteiger partial charge in [-0.25, -0.2) is 18.4 Å². The maximum Gasteiger partial charge on any atom is 0.343 e. The smallest absolute Gasteiger partial charge is 0.343 e. The summed E-state index contributed by atoms with van der Waals surface area (Å²) in [6, 6.07) is 12.5. The van der Waals surface area contributed by atoms with Crippen LogP contribution in [-0.4, -0.2) is 11.9 Å². The molecule has 0 saturated heterocycles.